The monoisotopic (exact) mass is 446 g/mol. The molecule has 8 heteroatoms. The van der Waals surface area contributed by atoms with E-state index in [2.05, 4.69) is 5.32 Å². The Labute approximate surface area is 180 Å². The standard InChI is InChI=1S/C22H20ClFN2O3S/c23-18-9-11-21(12-10-18)30(28,29)26(14-13-17-5-2-1-3-6-17)16-22(27)25-20-8-4-7-19(24)15-20/h1-12,15H,13-14,16H2,(H,25,27). The van der Waals surface area contributed by atoms with E-state index in [1.54, 1.807) is 0 Å². The maximum atomic E-state index is 13.4. The van der Waals surface area contributed by atoms with Gasteiger partial charge in [-0.2, -0.15) is 4.31 Å². The third-order valence-corrected chi connectivity index (χ3v) is 6.48. The number of benzene rings is 3. The van der Waals surface area contributed by atoms with Crippen LogP contribution in [0.2, 0.25) is 5.02 Å². The summed E-state index contributed by atoms with van der Waals surface area (Å²) in [5, 5.41) is 2.95. The molecule has 0 atom stereocenters. The summed E-state index contributed by atoms with van der Waals surface area (Å²) in [6.07, 6.45) is 0.431. The maximum absolute atomic E-state index is 13.4. The lowest BCUT2D eigenvalue weighted by Crippen LogP contribution is -2.39. The van der Waals surface area contributed by atoms with Crippen LogP contribution < -0.4 is 5.32 Å². The third-order valence-electron chi connectivity index (χ3n) is 4.37. The number of sulfonamides is 1. The number of carbonyl (C=O) groups excluding carboxylic acids is 1. The topological polar surface area (TPSA) is 66.5 Å². The molecule has 3 aromatic carbocycles. The third kappa shape index (κ3) is 5.89. The normalized spacial score (nSPS) is 11.4. The number of rotatable bonds is 8. The number of carbonyl (C=O) groups is 1. The van der Waals surface area contributed by atoms with Gasteiger partial charge in [0, 0.05) is 17.3 Å². The number of amides is 1. The van der Waals surface area contributed by atoms with Crippen molar-refractivity contribution in [3.8, 4) is 0 Å². The number of nitrogens with one attached hydrogen (secondary N) is 1. The predicted octanol–water partition coefficient (Wildman–Crippen LogP) is 4.35. The van der Waals surface area contributed by atoms with Crippen LogP contribution in [0, 0.1) is 5.82 Å². The second-order valence-corrected chi connectivity index (χ2v) is 8.96. The second kappa shape index (κ2) is 9.84. The number of halogens is 2. The van der Waals surface area contributed by atoms with Crippen LogP contribution in [0.4, 0.5) is 10.1 Å². The zero-order valence-corrected chi connectivity index (χ0v) is 17.5. The summed E-state index contributed by atoms with van der Waals surface area (Å²) in [5.41, 5.74) is 1.20. The van der Waals surface area contributed by atoms with E-state index >= 15 is 0 Å². The van der Waals surface area contributed by atoms with E-state index in [-0.39, 0.29) is 17.1 Å². The molecule has 0 bridgehead atoms. The van der Waals surface area contributed by atoms with Gasteiger partial charge >= 0.3 is 0 Å². The predicted molar refractivity (Wildman–Crippen MR) is 115 cm³/mol. The Morgan fingerprint density at radius 1 is 0.967 bits per heavy atom. The fourth-order valence-corrected chi connectivity index (χ4v) is 4.39. The second-order valence-electron chi connectivity index (χ2n) is 6.59. The Kier molecular flexibility index (Phi) is 7.20. The molecule has 0 unspecified atom stereocenters. The molecule has 1 N–H and O–H groups in total. The lowest BCUT2D eigenvalue weighted by Gasteiger charge is -2.22. The van der Waals surface area contributed by atoms with Crippen molar-refractivity contribution < 1.29 is 17.6 Å². The van der Waals surface area contributed by atoms with Gasteiger partial charge in [0.15, 0.2) is 0 Å². The minimum Gasteiger partial charge on any atom is -0.325 e. The Hall–Kier alpha value is -2.74. The highest BCUT2D eigenvalue weighted by Crippen LogP contribution is 2.19. The zero-order valence-electron chi connectivity index (χ0n) is 16.0. The quantitative estimate of drug-likeness (QED) is 0.559. The highest BCUT2D eigenvalue weighted by atomic mass is 35.5. The minimum atomic E-state index is -3.94. The molecular formula is C22H20ClFN2O3S. The van der Waals surface area contributed by atoms with Crippen molar-refractivity contribution >= 4 is 33.2 Å². The van der Waals surface area contributed by atoms with E-state index < -0.39 is 28.3 Å². The van der Waals surface area contributed by atoms with Crippen LogP contribution >= 0.6 is 11.6 Å². The first kappa shape index (κ1) is 22.0. The van der Waals surface area contributed by atoms with Gasteiger partial charge in [0.25, 0.3) is 0 Å². The van der Waals surface area contributed by atoms with Crippen molar-refractivity contribution in [3.05, 3.63) is 95.3 Å². The molecule has 0 spiro atoms. The molecule has 1 amide bonds. The Balaban J connectivity index is 1.80. The minimum absolute atomic E-state index is 0.0403. The Morgan fingerprint density at radius 2 is 1.67 bits per heavy atom. The van der Waals surface area contributed by atoms with Crippen molar-refractivity contribution in [2.45, 2.75) is 11.3 Å². The highest BCUT2D eigenvalue weighted by molar-refractivity contribution is 7.89. The van der Waals surface area contributed by atoms with Gasteiger partial charge in [0.2, 0.25) is 15.9 Å². The van der Waals surface area contributed by atoms with Gasteiger partial charge in [-0.1, -0.05) is 48.0 Å². The molecule has 0 saturated carbocycles. The molecule has 0 aromatic heterocycles. The van der Waals surface area contributed by atoms with Gasteiger partial charge in [-0.3, -0.25) is 4.79 Å². The number of anilines is 1. The lowest BCUT2D eigenvalue weighted by atomic mass is 10.1. The first-order valence-electron chi connectivity index (χ1n) is 9.20. The van der Waals surface area contributed by atoms with E-state index in [1.165, 1.54) is 48.5 Å². The van der Waals surface area contributed by atoms with E-state index in [1.807, 2.05) is 30.3 Å². The van der Waals surface area contributed by atoms with Crippen LogP contribution in [-0.4, -0.2) is 31.7 Å². The van der Waals surface area contributed by atoms with Crippen molar-refractivity contribution in [2.24, 2.45) is 0 Å². The lowest BCUT2D eigenvalue weighted by molar-refractivity contribution is -0.116. The van der Waals surface area contributed by atoms with E-state index in [0.717, 1.165) is 9.87 Å². The summed E-state index contributed by atoms with van der Waals surface area (Å²) < 4.78 is 40.8. The van der Waals surface area contributed by atoms with Crippen LogP contribution in [0.1, 0.15) is 5.56 Å². The summed E-state index contributed by atoms with van der Waals surface area (Å²) in [4.78, 5) is 12.6. The SMILES string of the molecule is O=C(CN(CCc1ccccc1)S(=O)(=O)c1ccc(Cl)cc1)Nc1cccc(F)c1. The van der Waals surface area contributed by atoms with Crippen LogP contribution in [0.3, 0.4) is 0 Å². The van der Waals surface area contributed by atoms with Gasteiger partial charge in [0.1, 0.15) is 5.82 Å². The van der Waals surface area contributed by atoms with Gasteiger partial charge < -0.3 is 5.32 Å². The van der Waals surface area contributed by atoms with Crippen LogP contribution in [-0.2, 0) is 21.2 Å². The molecule has 0 aliphatic heterocycles. The van der Waals surface area contributed by atoms with Crippen molar-refractivity contribution in [3.63, 3.8) is 0 Å². The molecule has 156 valence electrons. The van der Waals surface area contributed by atoms with Crippen molar-refractivity contribution in [2.75, 3.05) is 18.4 Å². The largest absolute Gasteiger partial charge is 0.325 e. The van der Waals surface area contributed by atoms with Gasteiger partial charge in [-0.15, -0.1) is 0 Å². The average Bonchev–Trinajstić information content (AvgIpc) is 2.72. The van der Waals surface area contributed by atoms with E-state index in [9.17, 15) is 17.6 Å². The van der Waals surface area contributed by atoms with Gasteiger partial charge in [-0.25, -0.2) is 12.8 Å². The maximum Gasteiger partial charge on any atom is 0.243 e. The van der Waals surface area contributed by atoms with Crippen LogP contribution in [0.15, 0.2) is 83.8 Å². The molecule has 0 saturated heterocycles. The summed E-state index contributed by atoms with van der Waals surface area (Å²) in [5.74, 6) is -1.06. The van der Waals surface area contributed by atoms with E-state index in [4.69, 9.17) is 11.6 Å². The Morgan fingerprint density at radius 3 is 2.33 bits per heavy atom. The molecule has 30 heavy (non-hydrogen) atoms. The first-order chi connectivity index (χ1) is 14.3. The average molecular weight is 447 g/mol. The van der Waals surface area contributed by atoms with Crippen molar-refractivity contribution in [1.82, 2.24) is 4.31 Å². The molecule has 0 aliphatic carbocycles. The molecule has 0 aliphatic rings. The summed E-state index contributed by atoms with van der Waals surface area (Å²) in [6, 6.07) is 20.6. The smallest absolute Gasteiger partial charge is 0.243 e. The summed E-state index contributed by atoms with van der Waals surface area (Å²) in [7, 11) is -3.94. The molecule has 3 rings (SSSR count). The highest BCUT2D eigenvalue weighted by Gasteiger charge is 2.26. The fourth-order valence-electron chi connectivity index (χ4n) is 2.87. The summed E-state index contributed by atoms with van der Waals surface area (Å²) in [6.45, 7) is -0.306. The number of nitrogens with zero attached hydrogens (tertiary/aromatic N) is 1. The fraction of sp³-hybridized carbons (Fsp3) is 0.136. The Bertz CT molecular complexity index is 1110. The molecular weight excluding hydrogens is 427 g/mol. The van der Waals surface area contributed by atoms with Crippen molar-refractivity contribution in [1.29, 1.82) is 0 Å². The molecule has 3 aromatic rings. The molecule has 0 radical (unpaired) electrons. The van der Waals surface area contributed by atoms with Crippen LogP contribution in [0.5, 0.6) is 0 Å². The number of hydrogen-bond acceptors (Lipinski definition) is 3. The first-order valence-corrected chi connectivity index (χ1v) is 11.0. The molecule has 0 heterocycles. The molecule has 0 fully saturated rings. The molecule has 5 nitrogen and oxygen atoms in total. The van der Waals surface area contributed by atoms with Gasteiger partial charge in [-0.05, 0) is 54.4 Å². The van der Waals surface area contributed by atoms with Crippen LogP contribution in [0.25, 0.3) is 0 Å². The van der Waals surface area contributed by atoms with Gasteiger partial charge in [0.05, 0.1) is 11.4 Å². The van der Waals surface area contributed by atoms with E-state index in [0.29, 0.717) is 11.4 Å². The zero-order chi connectivity index (χ0) is 21.6. The number of hydrogen-bond donors (Lipinski definition) is 1. The summed E-state index contributed by atoms with van der Waals surface area (Å²) >= 11 is 5.87.